The molecule has 3 fully saturated rings. The van der Waals surface area contributed by atoms with Gasteiger partial charge in [-0.05, 0) is 73.2 Å². The fourth-order valence-electron chi connectivity index (χ4n) is 8.10. The number of nitrogens with zero attached hydrogens (tertiary/aromatic N) is 2. The summed E-state index contributed by atoms with van der Waals surface area (Å²) in [6.45, 7) is 2.13. The summed E-state index contributed by atoms with van der Waals surface area (Å²) >= 11 is 0. The van der Waals surface area contributed by atoms with Crippen molar-refractivity contribution in [1.29, 1.82) is 0 Å². The molecule has 10 heteroatoms. The van der Waals surface area contributed by atoms with Crippen molar-refractivity contribution >= 4 is 40.2 Å². The van der Waals surface area contributed by atoms with Crippen molar-refractivity contribution in [3.05, 3.63) is 83.9 Å². The minimum absolute atomic E-state index is 0.0408. The van der Waals surface area contributed by atoms with Gasteiger partial charge in [0.15, 0.2) is 0 Å². The third kappa shape index (κ3) is 8.59. The van der Waals surface area contributed by atoms with E-state index in [9.17, 15) is 24.0 Å². The number of nitrogens with one attached hydrogen (secondary N) is 2. The molecular formula is C40H49N5O5. The van der Waals surface area contributed by atoms with Crippen LogP contribution in [0.5, 0.6) is 0 Å². The molecule has 0 bridgehead atoms. The second-order valence-corrected chi connectivity index (χ2v) is 14.3. The summed E-state index contributed by atoms with van der Waals surface area (Å²) in [6.07, 6.45) is 9.58. The van der Waals surface area contributed by atoms with E-state index < -0.39 is 35.7 Å². The van der Waals surface area contributed by atoms with Gasteiger partial charge in [-0.2, -0.15) is 0 Å². The van der Waals surface area contributed by atoms with Gasteiger partial charge in [0.25, 0.3) is 11.8 Å². The van der Waals surface area contributed by atoms with E-state index in [0.29, 0.717) is 24.9 Å². The molecule has 2 unspecified atom stereocenters. The number of hydrogen-bond donors (Lipinski definition) is 3. The van der Waals surface area contributed by atoms with Gasteiger partial charge in [0.1, 0.15) is 18.1 Å². The highest BCUT2D eigenvalue weighted by molar-refractivity contribution is 6.38. The molecule has 4 atom stereocenters. The maximum absolute atomic E-state index is 14.7. The maximum atomic E-state index is 14.7. The number of amides is 4. The fourth-order valence-corrected chi connectivity index (χ4v) is 8.10. The monoisotopic (exact) mass is 679 g/mol. The van der Waals surface area contributed by atoms with Crippen LogP contribution >= 0.6 is 0 Å². The third-order valence-corrected chi connectivity index (χ3v) is 10.8. The van der Waals surface area contributed by atoms with Crippen molar-refractivity contribution < 1.29 is 24.0 Å². The first-order valence-corrected chi connectivity index (χ1v) is 18.3. The number of Topliss-reactive ketones (excluding diaryl/α,β-unsaturated/α-hetero) is 1. The number of benzene rings is 3. The van der Waals surface area contributed by atoms with Crippen LogP contribution in [-0.4, -0.2) is 83.0 Å². The molecule has 2 aliphatic heterocycles. The van der Waals surface area contributed by atoms with E-state index in [2.05, 4.69) is 15.5 Å². The highest BCUT2D eigenvalue weighted by Gasteiger charge is 2.45. The second-order valence-electron chi connectivity index (χ2n) is 14.3. The molecule has 2 heterocycles. The summed E-state index contributed by atoms with van der Waals surface area (Å²) in [7, 11) is 0. The van der Waals surface area contributed by atoms with E-state index >= 15 is 0 Å². The molecule has 0 radical (unpaired) electrons. The quantitative estimate of drug-likeness (QED) is 0.246. The first kappa shape index (κ1) is 35.3. The van der Waals surface area contributed by atoms with Gasteiger partial charge in [-0.25, -0.2) is 0 Å². The van der Waals surface area contributed by atoms with Crippen LogP contribution < -0.4 is 16.4 Å². The molecule has 264 valence electrons. The lowest BCUT2D eigenvalue weighted by molar-refractivity contribution is -0.142. The van der Waals surface area contributed by atoms with Crippen LogP contribution in [0.1, 0.15) is 80.1 Å². The number of ketones is 1. The number of carbonyl (C=O) groups is 5. The van der Waals surface area contributed by atoms with Gasteiger partial charge in [0, 0.05) is 24.6 Å². The van der Waals surface area contributed by atoms with Crippen LogP contribution in [0, 0.1) is 5.92 Å². The molecule has 4 N–H and O–H groups in total. The van der Waals surface area contributed by atoms with E-state index in [0.717, 1.165) is 74.4 Å². The molecular weight excluding hydrogens is 630 g/mol. The standard InChI is InChI=1S/C40H49N5O5/c41-37(47)36(46)33(22-27-12-4-1-5-13-27)42-39(49)35-25-32(44-20-10-3-11-21-44)26-45(35)40(50)34(23-28-14-6-2-7-15-28)43-38(48)31-19-18-29-16-8-9-17-30(29)24-31/h1,4-5,8-9,12-13,16-19,24,28,32-35H,2-3,6-7,10-11,14-15,20-23,25-26H2,(H2,41,47)(H,42,49)(H,43,48)/t32-,33?,34?,35+/m1/s1. The molecule has 2 saturated heterocycles. The number of likely N-dealkylation sites (tertiary alicyclic amines) is 2. The summed E-state index contributed by atoms with van der Waals surface area (Å²) in [5.41, 5.74) is 6.66. The number of nitrogens with two attached hydrogens (primary N) is 1. The fraction of sp³-hybridized carbons (Fsp3) is 0.475. The van der Waals surface area contributed by atoms with E-state index in [1.807, 2.05) is 66.7 Å². The number of fused-ring (bicyclic) bond motifs is 1. The van der Waals surface area contributed by atoms with Crippen molar-refractivity contribution in [2.75, 3.05) is 19.6 Å². The summed E-state index contributed by atoms with van der Waals surface area (Å²) in [5.74, 6) is -2.83. The Balaban J connectivity index is 1.27. The average molecular weight is 680 g/mol. The van der Waals surface area contributed by atoms with Gasteiger partial charge in [0.2, 0.25) is 17.6 Å². The normalized spacial score (nSPS) is 21.3. The largest absolute Gasteiger partial charge is 0.363 e. The molecule has 0 aromatic heterocycles. The lowest BCUT2D eigenvalue weighted by Crippen LogP contribution is -2.56. The zero-order chi connectivity index (χ0) is 35.0. The first-order valence-electron chi connectivity index (χ1n) is 18.3. The van der Waals surface area contributed by atoms with Crippen molar-refractivity contribution in [2.24, 2.45) is 11.7 Å². The summed E-state index contributed by atoms with van der Waals surface area (Å²) in [6, 6.07) is 19.6. The highest BCUT2D eigenvalue weighted by atomic mass is 16.2. The molecule has 6 rings (SSSR count). The molecule has 4 amide bonds. The zero-order valence-electron chi connectivity index (χ0n) is 28.7. The lowest BCUT2D eigenvalue weighted by Gasteiger charge is -2.33. The number of rotatable bonds is 12. The minimum Gasteiger partial charge on any atom is -0.363 e. The van der Waals surface area contributed by atoms with Crippen molar-refractivity contribution in [1.82, 2.24) is 20.4 Å². The Bertz CT molecular complexity index is 1680. The Morgan fingerprint density at radius 1 is 0.760 bits per heavy atom. The molecule has 1 aliphatic carbocycles. The Labute approximate surface area is 294 Å². The molecule has 3 aliphatic rings. The van der Waals surface area contributed by atoms with Crippen molar-refractivity contribution in [3.63, 3.8) is 0 Å². The Morgan fingerprint density at radius 2 is 1.44 bits per heavy atom. The van der Waals surface area contributed by atoms with E-state index in [-0.39, 0.29) is 30.2 Å². The molecule has 0 spiro atoms. The van der Waals surface area contributed by atoms with Gasteiger partial charge < -0.3 is 21.3 Å². The first-order chi connectivity index (χ1) is 24.3. The molecule has 50 heavy (non-hydrogen) atoms. The maximum Gasteiger partial charge on any atom is 0.287 e. The predicted molar refractivity (Wildman–Crippen MR) is 192 cm³/mol. The van der Waals surface area contributed by atoms with E-state index in [1.54, 1.807) is 11.0 Å². The summed E-state index contributed by atoms with van der Waals surface area (Å²) in [5, 5.41) is 7.86. The second kappa shape index (κ2) is 16.4. The number of primary amides is 1. The summed E-state index contributed by atoms with van der Waals surface area (Å²) < 4.78 is 0. The van der Waals surface area contributed by atoms with Gasteiger partial charge in [-0.15, -0.1) is 0 Å². The number of carbonyl (C=O) groups excluding carboxylic acids is 5. The van der Waals surface area contributed by atoms with E-state index in [4.69, 9.17) is 5.73 Å². The Hall–Kier alpha value is -4.57. The third-order valence-electron chi connectivity index (χ3n) is 10.8. The summed E-state index contributed by atoms with van der Waals surface area (Å²) in [4.78, 5) is 71.7. The van der Waals surface area contributed by atoms with Gasteiger partial charge >= 0.3 is 0 Å². The minimum atomic E-state index is -1.17. The van der Waals surface area contributed by atoms with Crippen LogP contribution in [0.15, 0.2) is 72.8 Å². The van der Waals surface area contributed by atoms with Crippen LogP contribution in [-0.2, 0) is 25.6 Å². The highest BCUT2D eigenvalue weighted by Crippen LogP contribution is 2.31. The number of piperidine rings is 1. The Morgan fingerprint density at radius 3 is 2.16 bits per heavy atom. The lowest BCUT2D eigenvalue weighted by atomic mass is 9.84. The van der Waals surface area contributed by atoms with Crippen molar-refractivity contribution in [3.8, 4) is 0 Å². The van der Waals surface area contributed by atoms with Gasteiger partial charge in [-0.3, -0.25) is 28.9 Å². The van der Waals surface area contributed by atoms with Gasteiger partial charge in [-0.1, -0.05) is 99.2 Å². The predicted octanol–water partition coefficient (Wildman–Crippen LogP) is 4.15. The van der Waals surface area contributed by atoms with Crippen molar-refractivity contribution in [2.45, 2.75) is 94.8 Å². The molecule has 10 nitrogen and oxygen atoms in total. The number of hydrogen-bond acceptors (Lipinski definition) is 6. The van der Waals surface area contributed by atoms with Crippen LogP contribution in [0.4, 0.5) is 0 Å². The van der Waals surface area contributed by atoms with E-state index in [1.165, 1.54) is 6.42 Å². The van der Waals surface area contributed by atoms with Gasteiger partial charge in [0.05, 0.1) is 0 Å². The molecule has 3 aromatic carbocycles. The topological polar surface area (TPSA) is 142 Å². The van der Waals surface area contributed by atoms with Crippen LogP contribution in [0.25, 0.3) is 10.8 Å². The van der Waals surface area contributed by atoms with Crippen LogP contribution in [0.3, 0.4) is 0 Å². The Kier molecular flexibility index (Phi) is 11.6. The molecule has 3 aromatic rings. The zero-order valence-corrected chi connectivity index (χ0v) is 28.7. The molecule has 1 saturated carbocycles. The SMILES string of the molecule is NC(=O)C(=O)C(Cc1ccccc1)NC(=O)[C@@H]1C[C@@H](N2CCCCC2)CN1C(=O)C(CC1CCCCC1)NC(=O)c1ccc2ccccc2c1. The van der Waals surface area contributed by atoms with Crippen LogP contribution in [0.2, 0.25) is 0 Å². The smallest absolute Gasteiger partial charge is 0.287 e. The average Bonchev–Trinajstić information content (AvgIpc) is 3.60.